The van der Waals surface area contributed by atoms with E-state index in [9.17, 15) is 0 Å². The Morgan fingerprint density at radius 2 is 1.83 bits per heavy atom. The van der Waals surface area contributed by atoms with Gasteiger partial charge < -0.3 is 9.15 Å². The highest BCUT2D eigenvalue weighted by Gasteiger charge is 2.19. The second-order valence-electron chi connectivity index (χ2n) is 5.87. The van der Waals surface area contributed by atoms with Crippen molar-refractivity contribution in [3.8, 4) is 17.0 Å². The van der Waals surface area contributed by atoms with Crippen LogP contribution in [0.2, 0.25) is 0 Å². The molecule has 2 aromatic heterocycles. The molecule has 4 rings (SSSR count). The van der Waals surface area contributed by atoms with Gasteiger partial charge in [0.15, 0.2) is 0 Å². The molecule has 0 saturated heterocycles. The summed E-state index contributed by atoms with van der Waals surface area (Å²) in [7, 11) is 1.64. The third-order valence-electron chi connectivity index (χ3n) is 4.41. The SMILES string of the molecule is COc1nc2c(C)c3occ(C)c3cc2c(-c2ccccc2)c1Br. The van der Waals surface area contributed by atoms with E-state index in [0.29, 0.717) is 5.88 Å². The Bertz CT molecular complexity index is 1070. The summed E-state index contributed by atoms with van der Waals surface area (Å²) in [5.41, 5.74) is 6.14. The van der Waals surface area contributed by atoms with Crippen molar-refractivity contribution in [2.45, 2.75) is 13.8 Å². The predicted molar refractivity (Wildman–Crippen MR) is 101 cm³/mol. The van der Waals surface area contributed by atoms with Crippen LogP contribution in [0.25, 0.3) is 33.0 Å². The zero-order valence-electron chi connectivity index (χ0n) is 13.7. The van der Waals surface area contributed by atoms with Gasteiger partial charge in [-0.25, -0.2) is 4.98 Å². The Morgan fingerprint density at radius 1 is 1.08 bits per heavy atom. The number of furan rings is 1. The number of ether oxygens (including phenoxy) is 1. The maximum atomic E-state index is 5.74. The summed E-state index contributed by atoms with van der Waals surface area (Å²) < 4.78 is 12.1. The van der Waals surface area contributed by atoms with Gasteiger partial charge in [0.1, 0.15) is 5.58 Å². The van der Waals surface area contributed by atoms with Crippen LogP contribution < -0.4 is 4.74 Å². The third kappa shape index (κ3) is 2.13. The summed E-state index contributed by atoms with van der Waals surface area (Å²) in [5.74, 6) is 0.576. The van der Waals surface area contributed by atoms with E-state index in [2.05, 4.69) is 41.1 Å². The Morgan fingerprint density at radius 3 is 2.54 bits per heavy atom. The first-order chi connectivity index (χ1) is 11.6. The first-order valence-corrected chi connectivity index (χ1v) is 8.51. The van der Waals surface area contributed by atoms with Gasteiger partial charge in [-0.15, -0.1) is 0 Å². The lowest BCUT2D eigenvalue weighted by atomic mass is 9.97. The lowest BCUT2D eigenvalue weighted by Crippen LogP contribution is -1.96. The smallest absolute Gasteiger partial charge is 0.228 e. The third-order valence-corrected chi connectivity index (χ3v) is 5.14. The summed E-state index contributed by atoms with van der Waals surface area (Å²) in [6, 6.07) is 12.4. The minimum atomic E-state index is 0.576. The van der Waals surface area contributed by atoms with Gasteiger partial charge in [-0.3, -0.25) is 0 Å². The fourth-order valence-corrected chi connectivity index (χ4v) is 3.87. The highest BCUT2D eigenvalue weighted by molar-refractivity contribution is 9.10. The minimum Gasteiger partial charge on any atom is -0.480 e. The molecule has 0 amide bonds. The predicted octanol–water partition coefficient (Wildman–Crippen LogP) is 6.04. The largest absolute Gasteiger partial charge is 0.480 e. The molecule has 0 unspecified atom stereocenters. The highest BCUT2D eigenvalue weighted by Crippen LogP contribution is 2.42. The van der Waals surface area contributed by atoms with Crippen LogP contribution in [0.3, 0.4) is 0 Å². The van der Waals surface area contributed by atoms with E-state index in [4.69, 9.17) is 14.1 Å². The van der Waals surface area contributed by atoms with E-state index in [1.54, 1.807) is 13.4 Å². The van der Waals surface area contributed by atoms with Crippen LogP contribution in [-0.2, 0) is 0 Å². The van der Waals surface area contributed by atoms with E-state index >= 15 is 0 Å². The summed E-state index contributed by atoms with van der Waals surface area (Å²) in [6.07, 6.45) is 1.80. The van der Waals surface area contributed by atoms with E-state index in [-0.39, 0.29) is 0 Å². The number of fused-ring (bicyclic) bond motifs is 2. The van der Waals surface area contributed by atoms with Gasteiger partial charge in [-0.2, -0.15) is 0 Å². The molecule has 0 saturated carbocycles. The molecule has 0 aliphatic heterocycles. The summed E-state index contributed by atoms with van der Waals surface area (Å²) in [5, 5.41) is 2.21. The molecule has 0 N–H and O–H groups in total. The molecule has 0 aliphatic carbocycles. The van der Waals surface area contributed by atoms with Gasteiger partial charge in [0.2, 0.25) is 5.88 Å². The van der Waals surface area contributed by atoms with E-state index in [1.807, 2.05) is 25.1 Å². The maximum absolute atomic E-state index is 5.74. The number of hydrogen-bond donors (Lipinski definition) is 0. The van der Waals surface area contributed by atoms with Crippen molar-refractivity contribution in [2.24, 2.45) is 0 Å². The number of aryl methyl sites for hydroxylation is 2. The van der Waals surface area contributed by atoms with Crippen LogP contribution >= 0.6 is 15.9 Å². The monoisotopic (exact) mass is 381 g/mol. The van der Waals surface area contributed by atoms with E-state index in [0.717, 1.165) is 48.6 Å². The fourth-order valence-electron chi connectivity index (χ4n) is 3.18. The second kappa shape index (κ2) is 5.64. The standard InChI is InChI=1S/C20H16BrNO2/c1-11-10-24-19-12(2)18-15(9-14(11)19)16(13-7-5-4-6-8-13)17(21)20(22-18)23-3/h4-10H,1-3H3. The van der Waals surface area contributed by atoms with Crippen LogP contribution in [0, 0.1) is 13.8 Å². The number of aromatic nitrogens is 1. The van der Waals surface area contributed by atoms with Crippen LogP contribution in [-0.4, -0.2) is 12.1 Å². The van der Waals surface area contributed by atoms with E-state index in [1.165, 1.54) is 0 Å². The molecular formula is C20H16BrNO2. The molecule has 2 aromatic carbocycles. The molecule has 24 heavy (non-hydrogen) atoms. The fraction of sp³-hybridized carbons (Fsp3) is 0.150. The molecule has 4 aromatic rings. The Balaban J connectivity index is 2.23. The van der Waals surface area contributed by atoms with Gasteiger partial charge in [-0.05, 0) is 47.0 Å². The molecule has 0 bridgehead atoms. The quantitative estimate of drug-likeness (QED) is 0.424. The van der Waals surface area contributed by atoms with Crippen molar-refractivity contribution in [1.29, 1.82) is 0 Å². The molecule has 4 heteroatoms. The van der Waals surface area contributed by atoms with Crippen molar-refractivity contribution < 1.29 is 9.15 Å². The lowest BCUT2D eigenvalue weighted by molar-refractivity contribution is 0.397. The van der Waals surface area contributed by atoms with Crippen LogP contribution in [0.5, 0.6) is 5.88 Å². The average molecular weight is 382 g/mol. The number of methoxy groups -OCH3 is 1. The van der Waals surface area contributed by atoms with Crippen molar-refractivity contribution in [3.05, 3.63) is 58.3 Å². The van der Waals surface area contributed by atoms with Crippen molar-refractivity contribution in [3.63, 3.8) is 0 Å². The molecule has 0 atom stereocenters. The number of nitrogens with zero attached hydrogens (tertiary/aromatic N) is 1. The molecule has 3 nitrogen and oxygen atoms in total. The number of benzene rings is 2. The Kier molecular flexibility index (Phi) is 3.57. The zero-order chi connectivity index (χ0) is 16.8. The van der Waals surface area contributed by atoms with E-state index < -0.39 is 0 Å². The second-order valence-corrected chi connectivity index (χ2v) is 6.66. The topological polar surface area (TPSA) is 35.3 Å². The maximum Gasteiger partial charge on any atom is 0.228 e. The summed E-state index contributed by atoms with van der Waals surface area (Å²) in [6.45, 7) is 4.11. The molecule has 2 heterocycles. The van der Waals surface area contributed by atoms with Crippen LogP contribution in [0.1, 0.15) is 11.1 Å². The Labute approximate surface area is 148 Å². The minimum absolute atomic E-state index is 0.576. The first kappa shape index (κ1) is 15.2. The summed E-state index contributed by atoms with van der Waals surface area (Å²) in [4.78, 5) is 4.71. The lowest BCUT2D eigenvalue weighted by Gasteiger charge is -2.14. The first-order valence-electron chi connectivity index (χ1n) is 7.72. The summed E-state index contributed by atoms with van der Waals surface area (Å²) >= 11 is 3.69. The molecule has 0 aliphatic rings. The van der Waals surface area contributed by atoms with Gasteiger partial charge in [0, 0.05) is 21.9 Å². The van der Waals surface area contributed by atoms with Crippen molar-refractivity contribution >= 4 is 37.8 Å². The average Bonchev–Trinajstić information content (AvgIpc) is 2.97. The molecule has 0 spiro atoms. The van der Waals surface area contributed by atoms with Crippen molar-refractivity contribution in [2.75, 3.05) is 7.11 Å². The van der Waals surface area contributed by atoms with Crippen LogP contribution in [0.4, 0.5) is 0 Å². The number of hydrogen-bond acceptors (Lipinski definition) is 3. The molecule has 0 radical (unpaired) electrons. The van der Waals surface area contributed by atoms with Gasteiger partial charge in [0.25, 0.3) is 0 Å². The van der Waals surface area contributed by atoms with Gasteiger partial charge >= 0.3 is 0 Å². The molecular weight excluding hydrogens is 366 g/mol. The molecule has 120 valence electrons. The highest BCUT2D eigenvalue weighted by atomic mass is 79.9. The Hall–Kier alpha value is -2.33. The number of rotatable bonds is 2. The normalized spacial score (nSPS) is 11.3. The number of halogens is 1. The van der Waals surface area contributed by atoms with Crippen LogP contribution in [0.15, 0.2) is 51.6 Å². The zero-order valence-corrected chi connectivity index (χ0v) is 15.3. The van der Waals surface area contributed by atoms with Crippen molar-refractivity contribution in [1.82, 2.24) is 4.98 Å². The number of pyridine rings is 1. The van der Waals surface area contributed by atoms with Gasteiger partial charge in [-0.1, -0.05) is 30.3 Å². The molecule has 0 fully saturated rings. The van der Waals surface area contributed by atoms with Gasteiger partial charge in [0.05, 0.1) is 23.4 Å².